The van der Waals surface area contributed by atoms with Gasteiger partial charge in [-0.25, -0.2) is 0 Å². The van der Waals surface area contributed by atoms with Gasteiger partial charge in [0.2, 0.25) is 0 Å². The average molecular weight is 229 g/mol. The van der Waals surface area contributed by atoms with Crippen LogP contribution in [-0.2, 0) is 6.54 Å². The molecular formula is C14H15NO2. The SMILES string of the molecule is Cc1cccc(CNC(=O)c2occc2C)c1. The van der Waals surface area contributed by atoms with Crippen LogP contribution < -0.4 is 5.32 Å². The second-order valence-electron chi connectivity index (χ2n) is 4.10. The Bertz CT molecular complexity index is 529. The van der Waals surface area contributed by atoms with E-state index < -0.39 is 0 Å². The number of carbonyl (C=O) groups excluding carboxylic acids is 1. The Hall–Kier alpha value is -2.03. The van der Waals surface area contributed by atoms with Crippen molar-refractivity contribution in [3.8, 4) is 0 Å². The van der Waals surface area contributed by atoms with Crippen molar-refractivity contribution in [1.29, 1.82) is 0 Å². The summed E-state index contributed by atoms with van der Waals surface area (Å²) in [6.45, 7) is 4.40. The molecule has 0 saturated heterocycles. The smallest absolute Gasteiger partial charge is 0.287 e. The van der Waals surface area contributed by atoms with E-state index in [2.05, 4.69) is 11.4 Å². The van der Waals surface area contributed by atoms with Gasteiger partial charge in [0, 0.05) is 12.1 Å². The molecule has 1 N–H and O–H groups in total. The van der Waals surface area contributed by atoms with Crippen LogP contribution >= 0.6 is 0 Å². The first-order chi connectivity index (χ1) is 8.16. The van der Waals surface area contributed by atoms with Gasteiger partial charge in [-0.3, -0.25) is 4.79 Å². The lowest BCUT2D eigenvalue weighted by Crippen LogP contribution is -2.22. The van der Waals surface area contributed by atoms with Crippen LogP contribution in [0.1, 0.15) is 27.2 Å². The van der Waals surface area contributed by atoms with Gasteiger partial charge in [0.25, 0.3) is 5.91 Å². The van der Waals surface area contributed by atoms with Gasteiger partial charge in [0.05, 0.1) is 6.26 Å². The van der Waals surface area contributed by atoms with E-state index in [1.54, 1.807) is 6.07 Å². The zero-order chi connectivity index (χ0) is 12.3. The minimum atomic E-state index is -0.172. The molecule has 88 valence electrons. The molecule has 3 heteroatoms. The Balaban J connectivity index is 1.99. The molecule has 1 heterocycles. The van der Waals surface area contributed by atoms with Crippen LogP contribution in [0.5, 0.6) is 0 Å². The van der Waals surface area contributed by atoms with Gasteiger partial charge in [-0.05, 0) is 25.5 Å². The number of amides is 1. The Morgan fingerprint density at radius 2 is 2.12 bits per heavy atom. The van der Waals surface area contributed by atoms with Crippen LogP contribution in [0.2, 0.25) is 0 Å². The van der Waals surface area contributed by atoms with E-state index >= 15 is 0 Å². The molecular weight excluding hydrogens is 214 g/mol. The summed E-state index contributed by atoms with van der Waals surface area (Å²) in [7, 11) is 0. The molecule has 0 atom stereocenters. The van der Waals surface area contributed by atoms with Crippen molar-refractivity contribution in [2.75, 3.05) is 0 Å². The zero-order valence-corrected chi connectivity index (χ0v) is 9.99. The lowest BCUT2D eigenvalue weighted by atomic mass is 10.1. The number of benzene rings is 1. The lowest BCUT2D eigenvalue weighted by Gasteiger charge is -2.04. The molecule has 0 aliphatic rings. The van der Waals surface area contributed by atoms with E-state index in [1.165, 1.54) is 11.8 Å². The summed E-state index contributed by atoms with van der Waals surface area (Å²) in [5, 5.41) is 2.84. The lowest BCUT2D eigenvalue weighted by molar-refractivity contribution is 0.0922. The Morgan fingerprint density at radius 3 is 2.76 bits per heavy atom. The largest absolute Gasteiger partial charge is 0.459 e. The molecule has 0 spiro atoms. The normalized spacial score (nSPS) is 10.2. The highest BCUT2D eigenvalue weighted by molar-refractivity contribution is 5.92. The van der Waals surface area contributed by atoms with Crippen LogP contribution in [0.15, 0.2) is 41.0 Å². The van der Waals surface area contributed by atoms with E-state index in [0.29, 0.717) is 12.3 Å². The fraction of sp³-hybridized carbons (Fsp3) is 0.214. The van der Waals surface area contributed by atoms with Crippen molar-refractivity contribution >= 4 is 5.91 Å². The van der Waals surface area contributed by atoms with Crippen LogP contribution in [-0.4, -0.2) is 5.91 Å². The summed E-state index contributed by atoms with van der Waals surface area (Å²) in [5.41, 5.74) is 3.13. The van der Waals surface area contributed by atoms with Crippen LogP contribution in [0.25, 0.3) is 0 Å². The first kappa shape index (κ1) is 11.5. The van der Waals surface area contributed by atoms with Gasteiger partial charge < -0.3 is 9.73 Å². The predicted octanol–water partition coefficient (Wildman–Crippen LogP) is 2.83. The van der Waals surface area contributed by atoms with E-state index in [-0.39, 0.29) is 5.91 Å². The molecule has 1 aromatic carbocycles. The second-order valence-corrected chi connectivity index (χ2v) is 4.10. The third-order valence-electron chi connectivity index (χ3n) is 2.60. The maximum atomic E-state index is 11.8. The summed E-state index contributed by atoms with van der Waals surface area (Å²) < 4.78 is 5.13. The molecule has 0 saturated carbocycles. The van der Waals surface area contributed by atoms with Crippen LogP contribution in [0.4, 0.5) is 0 Å². The molecule has 0 aliphatic heterocycles. The van der Waals surface area contributed by atoms with Gasteiger partial charge >= 0.3 is 0 Å². The number of nitrogens with one attached hydrogen (secondary N) is 1. The Kier molecular flexibility index (Phi) is 3.28. The molecule has 3 nitrogen and oxygen atoms in total. The summed E-state index contributed by atoms with van der Waals surface area (Å²) in [6, 6.07) is 9.83. The van der Waals surface area contributed by atoms with E-state index in [4.69, 9.17) is 4.42 Å². The van der Waals surface area contributed by atoms with E-state index in [0.717, 1.165) is 11.1 Å². The molecule has 2 rings (SSSR count). The molecule has 17 heavy (non-hydrogen) atoms. The molecule has 1 amide bonds. The minimum Gasteiger partial charge on any atom is -0.459 e. The molecule has 0 bridgehead atoms. The molecule has 2 aromatic rings. The average Bonchev–Trinajstić information content (AvgIpc) is 2.72. The third-order valence-corrected chi connectivity index (χ3v) is 2.60. The Labute approximate surface area is 100 Å². The summed E-state index contributed by atoms with van der Waals surface area (Å²) in [4.78, 5) is 11.8. The van der Waals surface area contributed by atoms with Gasteiger partial charge in [-0.2, -0.15) is 0 Å². The number of furan rings is 1. The van der Waals surface area contributed by atoms with Crippen LogP contribution in [0.3, 0.4) is 0 Å². The first-order valence-corrected chi connectivity index (χ1v) is 5.54. The number of rotatable bonds is 3. The fourth-order valence-corrected chi connectivity index (χ4v) is 1.69. The number of carbonyl (C=O) groups is 1. The molecule has 1 aromatic heterocycles. The fourth-order valence-electron chi connectivity index (χ4n) is 1.69. The maximum absolute atomic E-state index is 11.8. The van der Waals surface area contributed by atoms with Crippen molar-refractivity contribution in [3.63, 3.8) is 0 Å². The van der Waals surface area contributed by atoms with E-state index in [1.807, 2.05) is 32.0 Å². The number of hydrogen-bond donors (Lipinski definition) is 1. The Morgan fingerprint density at radius 1 is 1.29 bits per heavy atom. The van der Waals surface area contributed by atoms with Gasteiger partial charge in [-0.1, -0.05) is 29.8 Å². The van der Waals surface area contributed by atoms with Crippen LogP contribution in [0, 0.1) is 13.8 Å². The highest BCUT2D eigenvalue weighted by Gasteiger charge is 2.11. The number of aryl methyl sites for hydroxylation is 2. The standard InChI is InChI=1S/C14H15NO2/c1-10-4-3-5-12(8-10)9-15-14(16)13-11(2)6-7-17-13/h3-8H,9H2,1-2H3,(H,15,16). The summed E-state index contributed by atoms with van der Waals surface area (Å²) in [6.07, 6.45) is 1.52. The van der Waals surface area contributed by atoms with Gasteiger partial charge in [-0.15, -0.1) is 0 Å². The first-order valence-electron chi connectivity index (χ1n) is 5.54. The molecule has 0 unspecified atom stereocenters. The van der Waals surface area contributed by atoms with Gasteiger partial charge in [0.15, 0.2) is 5.76 Å². The highest BCUT2D eigenvalue weighted by atomic mass is 16.3. The van der Waals surface area contributed by atoms with Crippen molar-refractivity contribution in [2.24, 2.45) is 0 Å². The summed E-state index contributed by atoms with van der Waals surface area (Å²) >= 11 is 0. The third kappa shape index (κ3) is 2.75. The zero-order valence-electron chi connectivity index (χ0n) is 9.99. The molecule has 0 radical (unpaired) electrons. The highest BCUT2D eigenvalue weighted by Crippen LogP contribution is 2.09. The molecule has 0 aliphatic carbocycles. The van der Waals surface area contributed by atoms with E-state index in [9.17, 15) is 4.79 Å². The van der Waals surface area contributed by atoms with Crippen molar-refractivity contribution in [1.82, 2.24) is 5.32 Å². The van der Waals surface area contributed by atoms with Crippen molar-refractivity contribution < 1.29 is 9.21 Å². The second kappa shape index (κ2) is 4.87. The van der Waals surface area contributed by atoms with Gasteiger partial charge in [0.1, 0.15) is 0 Å². The monoisotopic (exact) mass is 229 g/mol. The van der Waals surface area contributed by atoms with Crippen molar-refractivity contribution in [2.45, 2.75) is 20.4 Å². The number of hydrogen-bond acceptors (Lipinski definition) is 2. The predicted molar refractivity (Wildman–Crippen MR) is 65.8 cm³/mol. The van der Waals surface area contributed by atoms with Crippen molar-refractivity contribution in [3.05, 3.63) is 59.0 Å². The minimum absolute atomic E-state index is 0.172. The quantitative estimate of drug-likeness (QED) is 0.879. The molecule has 0 fully saturated rings. The topological polar surface area (TPSA) is 42.2 Å². The summed E-state index contributed by atoms with van der Waals surface area (Å²) in [5.74, 6) is 0.214. The maximum Gasteiger partial charge on any atom is 0.287 e.